The van der Waals surface area contributed by atoms with Crippen LogP contribution in [0, 0.1) is 6.92 Å². The maximum Gasteiger partial charge on any atom is 0.231 e. The van der Waals surface area contributed by atoms with Gasteiger partial charge in [-0.25, -0.2) is 9.97 Å². The number of carbonyl (C=O) groups excluding carboxylic acids is 1. The molecular weight excluding hydrogens is 310 g/mol. The minimum absolute atomic E-state index is 0.267. The third-order valence-electron chi connectivity index (χ3n) is 3.97. The summed E-state index contributed by atoms with van der Waals surface area (Å²) < 4.78 is 0. The summed E-state index contributed by atoms with van der Waals surface area (Å²) in [5.74, 6) is 0.896. The van der Waals surface area contributed by atoms with Gasteiger partial charge in [-0.15, -0.1) is 11.3 Å². The average molecular weight is 331 g/mol. The average Bonchev–Trinajstić information content (AvgIpc) is 2.98. The molecule has 6 nitrogen and oxygen atoms in total. The number of piperidine rings is 1. The first-order chi connectivity index (χ1) is 11.1. The van der Waals surface area contributed by atoms with Crippen molar-refractivity contribution in [1.29, 1.82) is 0 Å². The zero-order chi connectivity index (χ0) is 16.2. The number of carbonyl (C=O) groups is 1. The molecule has 7 heteroatoms. The molecule has 0 spiro atoms. The number of anilines is 2. The SMILES string of the molecule is Cc1ccc(Nc2nc([C@H]3CCCN(CC(N)=O)C3)cs2)nc1. The standard InChI is InChI=1S/C16H21N5OS/c1-11-4-5-15(18-7-11)20-16-19-13(10-23-16)12-3-2-6-21(8-12)9-14(17)22/h4-5,7,10,12H,2-3,6,8-9H2,1H3,(H2,17,22)(H,18,19,20)/t12-/m0/s1. The Morgan fingerprint density at radius 3 is 3.13 bits per heavy atom. The topological polar surface area (TPSA) is 84.1 Å². The lowest BCUT2D eigenvalue weighted by atomic mass is 9.95. The second-order valence-corrected chi connectivity index (χ2v) is 6.82. The molecule has 1 saturated heterocycles. The van der Waals surface area contributed by atoms with Crippen molar-refractivity contribution in [3.63, 3.8) is 0 Å². The van der Waals surface area contributed by atoms with Crippen molar-refractivity contribution in [1.82, 2.24) is 14.9 Å². The summed E-state index contributed by atoms with van der Waals surface area (Å²) in [6, 6.07) is 3.97. The van der Waals surface area contributed by atoms with Crippen LogP contribution in [0.15, 0.2) is 23.7 Å². The van der Waals surface area contributed by atoms with Gasteiger partial charge in [0, 0.05) is 24.0 Å². The van der Waals surface area contributed by atoms with Gasteiger partial charge in [-0.05, 0) is 37.9 Å². The second kappa shape index (κ2) is 7.06. The van der Waals surface area contributed by atoms with Crippen LogP contribution in [0.5, 0.6) is 0 Å². The quantitative estimate of drug-likeness (QED) is 0.878. The van der Waals surface area contributed by atoms with Crippen LogP contribution in [-0.2, 0) is 4.79 Å². The molecule has 1 fully saturated rings. The van der Waals surface area contributed by atoms with Gasteiger partial charge >= 0.3 is 0 Å². The van der Waals surface area contributed by atoms with Crippen LogP contribution in [-0.4, -0.2) is 40.4 Å². The largest absolute Gasteiger partial charge is 0.369 e. The molecule has 0 radical (unpaired) electrons. The molecule has 2 aromatic rings. The van der Waals surface area contributed by atoms with E-state index in [1.807, 2.05) is 25.3 Å². The van der Waals surface area contributed by atoms with E-state index in [4.69, 9.17) is 5.73 Å². The molecule has 0 aliphatic carbocycles. The fourth-order valence-electron chi connectivity index (χ4n) is 2.84. The molecule has 1 aliphatic rings. The van der Waals surface area contributed by atoms with Crippen molar-refractivity contribution in [3.05, 3.63) is 35.0 Å². The highest BCUT2D eigenvalue weighted by molar-refractivity contribution is 7.13. The minimum Gasteiger partial charge on any atom is -0.369 e. The molecule has 23 heavy (non-hydrogen) atoms. The monoisotopic (exact) mass is 331 g/mol. The number of thiazole rings is 1. The smallest absolute Gasteiger partial charge is 0.231 e. The summed E-state index contributed by atoms with van der Waals surface area (Å²) >= 11 is 1.58. The lowest BCUT2D eigenvalue weighted by Crippen LogP contribution is -2.40. The van der Waals surface area contributed by atoms with Crippen LogP contribution >= 0.6 is 11.3 Å². The number of pyridine rings is 1. The molecule has 0 bridgehead atoms. The number of nitrogens with two attached hydrogens (primary N) is 1. The molecule has 0 aromatic carbocycles. The van der Waals surface area contributed by atoms with Crippen molar-refractivity contribution in [2.45, 2.75) is 25.7 Å². The van der Waals surface area contributed by atoms with Gasteiger partial charge < -0.3 is 11.1 Å². The third-order valence-corrected chi connectivity index (χ3v) is 4.75. The van der Waals surface area contributed by atoms with Crippen LogP contribution in [0.2, 0.25) is 0 Å². The first-order valence-electron chi connectivity index (χ1n) is 7.76. The number of primary amides is 1. The lowest BCUT2D eigenvalue weighted by molar-refractivity contribution is -0.119. The van der Waals surface area contributed by atoms with Gasteiger partial charge in [0.05, 0.1) is 12.2 Å². The molecule has 0 unspecified atom stereocenters. The van der Waals surface area contributed by atoms with Crippen molar-refractivity contribution in [3.8, 4) is 0 Å². The molecule has 3 heterocycles. The summed E-state index contributed by atoms with van der Waals surface area (Å²) in [4.78, 5) is 22.2. The Labute approximate surface area is 139 Å². The maximum atomic E-state index is 11.1. The summed E-state index contributed by atoms with van der Waals surface area (Å²) in [6.07, 6.45) is 4.00. The van der Waals surface area contributed by atoms with Crippen LogP contribution in [0.4, 0.5) is 10.9 Å². The van der Waals surface area contributed by atoms with E-state index >= 15 is 0 Å². The number of rotatable bonds is 5. The number of hydrogen-bond donors (Lipinski definition) is 2. The van der Waals surface area contributed by atoms with Gasteiger partial charge in [0.1, 0.15) is 5.82 Å². The first kappa shape index (κ1) is 15.9. The molecule has 0 saturated carbocycles. The van der Waals surface area contributed by atoms with E-state index in [-0.39, 0.29) is 5.91 Å². The Morgan fingerprint density at radius 1 is 1.52 bits per heavy atom. The molecule has 1 aliphatic heterocycles. The van der Waals surface area contributed by atoms with E-state index in [9.17, 15) is 4.79 Å². The highest BCUT2D eigenvalue weighted by atomic mass is 32.1. The zero-order valence-electron chi connectivity index (χ0n) is 13.2. The molecule has 3 rings (SSSR count). The summed E-state index contributed by atoms with van der Waals surface area (Å²) in [5, 5.41) is 6.19. The Hall–Kier alpha value is -1.99. The summed E-state index contributed by atoms with van der Waals surface area (Å²) in [6.45, 7) is 4.12. The molecule has 122 valence electrons. The molecular formula is C16H21N5OS. The predicted molar refractivity (Wildman–Crippen MR) is 92.0 cm³/mol. The number of hydrogen-bond acceptors (Lipinski definition) is 6. The van der Waals surface area contributed by atoms with Crippen LogP contribution in [0.3, 0.4) is 0 Å². The second-order valence-electron chi connectivity index (χ2n) is 5.96. The Balaban J connectivity index is 1.64. The Kier molecular flexibility index (Phi) is 4.88. The Morgan fingerprint density at radius 2 is 2.39 bits per heavy atom. The van der Waals surface area contributed by atoms with Gasteiger partial charge in [-0.1, -0.05) is 6.07 Å². The molecule has 2 aromatic heterocycles. The fraction of sp³-hybridized carbons (Fsp3) is 0.438. The molecule has 1 amide bonds. The number of aryl methyl sites for hydroxylation is 1. The van der Waals surface area contributed by atoms with Gasteiger partial charge in [0.2, 0.25) is 5.91 Å². The van der Waals surface area contributed by atoms with Gasteiger partial charge in [-0.2, -0.15) is 0 Å². The number of nitrogens with one attached hydrogen (secondary N) is 1. The summed E-state index contributed by atoms with van der Waals surface area (Å²) in [5.41, 5.74) is 7.51. The van der Waals surface area contributed by atoms with Gasteiger partial charge in [-0.3, -0.25) is 9.69 Å². The third kappa shape index (κ3) is 4.27. The molecule has 3 N–H and O–H groups in total. The van der Waals surface area contributed by atoms with Crippen molar-refractivity contribution < 1.29 is 4.79 Å². The highest BCUT2D eigenvalue weighted by Crippen LogP contribution is 2.30. The van der Waals surface area contributed by atoms with Crippen molar-refractivity contribution in [2.24, 2.45) is 5.73 Å². The van der Waals surface area contributed by atoms with E-state index in [0.29, 0.717) is 12.5 Å². The van der Waals surface area contributed by atoms with Crippen LogP contribution < -0.4 is 11.1 Å². The maximum absolute atomic E-state index is 11.1. The lowest BCUT2D eigenvalue weighted by Gasteiger charge is -2.30. The minimum atomic E-state index is -0.267. The number of nitrogens with zero attached hydrogens (tertiary/aromatic N) is 3. The Bertz CT molecular complexity index is 669. The van der Waals surface area contributed by atoms with Crippen molar-refractivity contribution >= 4 is 28.2 Å². The van der Waals surface area contributed by atoms with E-state index in [2.05, 4.69) is 25.6 Å². The number of likely N-dealkylation sites (tertiary alicyclic amines) is 1. The highest BCUT2D eigenvalue weighted by Gasteiger charge is 2.24. The van der Waals surface area contributed by atoms with E-state index in [1.54, 1.807) is 11.3 Å². The molecule has 1 atom stereocenters. The number of amides is 1. The van der Waals surface area contributed by atoms with E-state index < -0.39 is 0 Å². The predicted octanol–water partition coefficient (Wildman–Crippen LogP) is 2.25. The first-order valence-corrected chi connectivity index (χ1v) is 8.64. The van der Waals surface area contributed by atoms with Crippen molar-refractivity contribution in [2.75, 3.05) is 25.0 Å². The van der Waals surface area contributed by atoms with Crippen LogP contribution in [0.1, 0.15) is 30.0 Å². The zero-order valence-corrected chi connectivity index (χ0v) is 14.0. The van der Waals surface area contributed by atoms with Crippen LogP contribution in [0.25, 0.3) is 0 Å². The van der Waals surface area contributed by atoms with Gasteiger partial charge in [0.15, 0.2) is 5.13 Å². The number of aromatic nitrogens is 2. The summed E-state index contributed by atoms with van der Waals surface area (Å²) in [7, 11) is 0. The van der Waals surface area contributed by atoms with E-state index in [0.717, 1.165) is 48.1 Å². The normalized spacial score (nSPS) is 18.7. The fourth-order valence-corrected chi connectivity index (χ4v) is 3.64. The van der Waals surface area contributed by atoms with E-state index in [1.165, 1.54) is 0 Å². The van der Waals surface area contributed by atoms with Gasteiger partial charge in [0.25, 0.3) is 0 Å².